The number of carboxylic acids is 1. The summed E-state index contributed by atoms with van der Waals surface area (Å²) in [7, 11) is 0. The molecule has 0 aliphatic rings. The maximum absolute atomic E-state index is 9.94. The number of carboxylic acid groups (broad SMARTS) is 1. The average molecular weight is 129 g/mol. The molecule has 3 heteroatoms. The predicted octanol–water partition coefficient (Wildman–Crippen LogP) is 0.714. The minimum Gasteiger partial charge on any atom is -0.481 e. The van der Waals surface area contributed by atoms with Crippen LogP contribution in [0, 0.1) is 0 Å². The van der Waals surface area contributed by atoms with E-state index in [1.165, 1.54) is 0 Å². The third-order valence-electron chi connectivity index (χ3n) is 0.998. The Hall–Kier alpha value is -0.990. The van der Waals surface area contributed by atoms with Crippen molar-refractivity contribution >= 4 is 5.97 Å². The van der Waals surface area contributed by atoms with E-state index in [9.17, 15) is 4.79 Å². The van der Waals surface area contributed by atoms with Crippen LogP contribution < -0.4 is 5.73 Å². The molecule has 0 unspecified atom stereocenters. The number of hydrogen-bond donors (Lipinski definition) is 2. The smallest absolute Gasteiger partial charge is 0.303 e. The van der Waals surface area contributed by atoms with Crippen LogP contribution in [0.4, 0.5) is 0 Å². The highest BCUT2D eigenvalue weighted by molar-refractivity contribution is 5.66. The molecule has 9 heavy (non-hydrogen) atoms. The average Bonchev–Trinajstić information content (AvgIpc) is 1.83. The van der Waals surface area contributed by atoms with E-state index >= 15 is 0 Å². The Kier molecular flexibility index (Phi) is 3.51. The molecule has 0 radical (unpaired) electrons. The molecule has 3 nitrogen and oxygen atoms in total. The molecule has 3 N–H and O–H groups in total. The molecule has 0 saturated carbocycles. The molecule has 0 aromatic carbocycles. The van der Waals surface area contributed by atoms with Crippen molar-refractivity contribution in [3.63, 3.8) is 0 Å². The summed E-state index contributed by atoms with van der Waals surface area (Å²) in [6.07, 6.45) is 2.28. The van der Waals surface area contributed by atoms with Crippen molar-refractivity contribution < 1.29 is 9.90 Å². The van der Waals surface area contributed by atoms with Crippen LogP contribution in [0.3, 0.4) is 0 Å². The lowest BCUT2D eigenvalue weighted by molar-refractivity contribution is -0.136. The first-order chi connectivity index (χ1) is 4.16. The molecule has 0 fully saturated rings. The number of carbonyl (C=O) groups is 1. The summed E-state index contributed by atoms with van der Waals surface area (Å²) in [5.74, 6) is -0.806. The van der Waals surface area contributed by atoms with Gasteiger partial charge in [0.15, 0.2) is 0 Å². The van der Waals surface area contributed by atoms with E-state index < -0.39 is 5.97 Å². The minimum absolute atomic E-state index is 0.121. The summed E-state index contributed by atoms with van der Waals surface area (Å²) in [6, 6.07) is 0. The predicted molar refractivity (Wildman–Crippen MR) is 34.8 cm³/mol. The summed E-state index contributed by atoms with van der Waals surface area (Å²) in [6.45, 7) is 1.79. The Morgan fingerprint density at radius 1 is 1.67 bits per heavy atom. The van der Waals surface area contributed by atoms with Gasteiger partial charge in [-0.05, 0) is 13.3 Å². The molecular formula is C6H11NO2. The van der Waals surface area contributed by atoms with Crippen molar-refractivity contribution in [2.45, 2.75) is 19.8 Å². The summed E-state index contributed by atoms with van der Waals surface area (Å²) in [5, 5.41) is 8.18. The Balaban J connectivity index is 3.39. The lowest BCUT2D eigenvalue weighted by Crippen LogP contribution is -2.01. The van der Waals surface area contributed by atoms with E-state index in [0.717, 1.165) is 0 Å². The molecule has 0 atom stereocenters. The highest BCUT2D eigenvalue weighted by Gasteiger charge is 1.95. The summed E-state index contributed by atoms with van der Waals surface area (Å²) in [4.78, 5) is 9.94. The highest BCUT2D eigenvalue weighted by atomic mass is 16.4. The fourth-order valence-electron chi connectivity index (χ4n) is 0.396. The first-order valence-corrected chi connectivity index (χ1v) is 2.79. The lowest BCUT2D eigenvalue weighted by atomic mass is 10.2. The topological polar surface area (TPSA) is 63.3 Å². The fourth-order valence-corrected chi connectivity index (χ4v) is 0.396. The highest BCUT2D eigenvalue weighted by Crippen LogP contribution is 1.96. The number of hydrogen-bond acceptors (Lipinski definition) is 2. The van der Waals surface area contributed by atoms with E-state index in [0.29, 0.717) is 12.1 Å². The van der Waals surface area contributed by atoms with Gasteiger partial charge in [0.1, 0.15) is 0 Å². The molecule has 0 aromatic rings. The zero-order valence-corrected chi connectivity index (χ0v) is 5.42. The molecule has 0 spiro atoms. The Labute approximate surface area is 54.2 Å². The summed E-state index contributed by atoms with van der Waals surface area (Å²) < 4.78 is 0. The van der Waals surface area contributed by atoms with Gasteiger partial charge in [0, 0.05) is 5.70 Å². The Morgan fingerprint density at radius 3 is 2.56 bits per heavy atom. The first-order valence-electron chi connectivity index (χ1n) is 2.79. The molecule has 52 valence electrons. The van der Waals surface area contributed by atoms with Gasteiger partial charge in [0.25, 0.3) is 0 Å². The Morgan fingerprint density at radius 2 is 2.22 bits per heavy atom. The largest absolute Gasteiger partial charge is 0.481 e. The van der Waals surface area contributed by atoms with Gasteiger partial charge in [0.2, 0.25) is 0 Å². The third kappa shape index (κ3) is 4.87. The van der Waals surface area contributed by atoms with E-state index in [1.54, 1.807) is 13.0 Å². The second kappa shape index (κ2) is 3.95. The van der Waals surface area contributed by atoms with Crippen LogP contribution in [-0.4, -0.2) is 11.1 Å². The lowest BCUT2D eigenvalue weighted by Gasteiger charge is -1.94. The molecule has 0 saturated heterocycles. The van der Waals surface area contributed by atoms with Crippen LogP contribution in [0.2, 0.25) is 0 Å². The molecule has 0 aliphatic carbocycles. The van der Waals surface area contributed by atoms with Crippen molar-refractivity contribution in [2.24, 2.45) is 5.73 Å². The van der Waals surface area contributed by atoms with Gasteiger partial charge in [-0.1, -0.05) is 6.08 Å². The van der Waals surface area contributed by atoms with Gasteiger partial charge in [0.05, 0.1) is 6.42 Å². The van der Waals surface area contributed by atoms with Gasteiger partial charge in [-0.3, -0.25) is 4.79 Å². The molecule has 0 bridgehead atoms. The second-order valence-electron chi connectivity index (χ2n) is 1.76. The quantitative estimate of drug-likeness (QED) is 0.590. The normalized spacial score (nSPS) is 11.4. The van der Waals surface area contributed by atoms with Crippen LogP contribution in [0.5, 0.6) is 0 Å². The number of rotatable bonds is 3. The third-order valence-corrected chi connectivity index (χ3v) is 0.998. The van der Waals surface area contributed by atoms with Crippen LogP contribution in [0.15, 0.2) is 11.8 Å². The molecular weight excluding hydrogens is 118 g/mol. The summed E-state index contributed by atoms with van der Waals surface area (Å²) in [5.41, 5.74) is 5.96. The minimum atomic E-state index is -0.806. The van der Waals surface area contributed by atoms with E-state index in [2.05, 4.69) is 0 Å². The molecule has 0 aliphatic heterocycles. The maximum Gasteiger partial charge on any atom is 0.303 e. The molecule has 0 rings (SSSR count). The summed E-state index contributed by atoms with van der Waals surface area (Å²) >= 11 is 0. The fraction of sp³-hybridized carbons (Fsp3) is 0.500. The van der Waals surface area contributed by atoms with Gasteiger partial charge in [-0.2, -0.15) is 0 Å². The molecule has 0 amide bonds. The molecule has 0 aromatic heterocycles. The monoisotopic (exact) mass is 129 g/mol. The van der Waals surface area contributed by atoms with E-state index in [4.69, 9.17) is 10.8 Å². The van der Waals surface area contributed by atoms with E-state index in [-0.39, 0.29) is 6.42 Å². The van der Waals surface area contributed by atoms with Crippen LogP contribution in [-0.2, 0) is 4.79 Å². The number of nitrogens with two attached hydrogens (primary N) is 1. The van der Waals surface area contributed by atoms with Crippen molar-refractivity contribution in [1.82, 2.24) is 0 Å². The van der Waals surface area contributed by atoms with E-state index in [1.807, 2.05) is 0 Å². The van der Waals surface area contributed by atoms with Gasteiger partial charge in [-0.15, -0.1) is 0 Å². The SMILES string of the molecule is C/C=C(\N)CCC(=O)O. The first kappa shape index (κ1) is 8.01. The van der Waals surface area contributed by atoms with Gasteiger partial charge in [-0.25, -0.2) is 0 Å². The van der Waals surface area contributed by atoms with Crippen LogP contribution in [0.1, 0.15) is 19.8 Å². The zero-order valence-electron chi connectivity index (χ0n) is 5.42. The standard InChI is InChI=1S/C6H11NO2/c1-2-5(7)3-4-6(8)9/h2H,3-4,7H2,1H3,(H,8,9)/b5-2-. The van der Waals surface area contributed by atoms with Gasteiger partial charge >= 0.3 is 5.97 Å². The second-order valence-corrected chi connectivity index (χ2v) is 1.76. The van der Waals surface area contributed by atoms with Crippen molar-refractivity contribution in [1.29, 1.82) is 0 Å². The van der Waals surface area contributed by atoms with Crippen molar-refractivity contribution in [2.75, 3.05) is 0 Å². The van der Waals surface area contributed by atoms with Crippen LogP contribution in [0.25, 0.3) is 0 Å². The van der Waals surface area contributed by atoms with Crippen molar-refractivity contribution in [3.8, 4) is 0 Å². The van der Waals surface area contributed by atoms with Crippen LogP contribution >= 0.6 is 0 Å². The van der Waals surface area contributed by atoms with Crippen molar-refractivity contribution in [3.05, 3.63) is 11.8 Å². The van der Waals surface area contributed by atoms with Gasteiger partial charge < -0.3 is 10.8 Å². The number of allylic oxidation sites excluding steroid dienone is 2. The Bertz CT molecular complexity index is 129. The molecule has 0 heterocycles. The zero-order chi connectivity index (χ0) is 7.28. The maximum atomic E-state index is 9.94. The number of aliphatic carboxylic acids is 1.